The molecule has 344 valence electrons. The molecule has 1 amide bonds. The van der Waals surface area contributed by atoms with Crippen molar-refractivity contribution in [2.75, 3.05) is 40.9 Å². The summed E-state index contributed by atoms with van der Waals surface area (Å²) in [6.45, 7) is 4.50. The van der Waals surface area contributed by atoms with E-state index >= 15 is 0 Å². The van der Waals surface area contributed by atoms with E-state index in [9.17, 15) is 19.4 Å². The number of rotatable bonds is 43. The molecule has 0 aliphatic carbocycles. The van der Waals surface area contributed by atoms with Gasteiger partial charge in [0.15, 0.2) is 0 Å². The number of phosphoric acid groups is 1. The van der Waals surface area contributed by atoms with E-state index in [4.69, 9.17) is 9.05 Å². The molecule has 0 spiro atoms. The number of nitrogens with one attached hydrogen (secondary N) is 1. The summed E-state index contributed by atoms with van der Waals surface area (Å²) in [5.74, 6) is -0.239. The Balaban J connectivity index is 4.39. The quantitative estimate of drug-likeness (QED) is 0.0274. The lowest BCUT2D eigenvalue weighted by Gasteiger charge is -2.29. The van der Waals surface area contributed by atoms with Crippen LogP contribution < -0.4 is 10.2 Å². The Labute approximate surface area is 364 Å². The van der Waals surface area contributed by atoms with Crippen LogP contribution >= 0.6 is 7.82 Å². The summed E-state index contributed by atoms with van der Waals surface area (Å²) in [5, 5.41) is 13.8. The Kier molecular flexibility index (Phi) is 40.3. The van der Waals surface area contributed by atoms with Gasteiger partial charge in [-0.2, -0.15) is 0 Å². The average Bonchev–Trinajstić information content (AvgIpc) is 3.19. The van der Waals surface area contributed by atoms with Gasteiger partial charge < -0.3 is 28.8 Å². The van der Waals surface area contributed by atoms with Gasteiger partial charge in [-0.3, -0.25) is 9.36 Å². The maximum absolute atomic E-state index is 12.9. The van der Waals surface area contributed by atoms with Crippen molar-refractivity contribution in [3.05, 3.63) is 60.8 Å². The van der Waals surface area contributed by atoms with E-state index in [0.29, 0.717) is 17.4 Å². The summed E-state index contributed by atoms with van der Waals surface area (Å²) < 4.78 is 23.2. The molecule has 0 radical (unpaired) electrons. The number of amides is 1. The zero-order valence-electron chi connectivity index (χ0n) is 38.9. The van der Waals surface area contributed by atoms with Crippen LogP contribution in [0.25, 0.3) is 0 Å². The number of aliphatic hydroxyl groups excluding tert-OH is 1. The van der Waals surface area contributed by atoms with Crippen molar-refractivity contribution in [3.8, 4) is 0 Å². The minimum absolute atomic E-state index is 0.0114. The number of unbranched alkanes of at least 4 members (excludes halogenated alkanes) is 22. The third kappa shape index (κ3) is 44.1. The van der Waals surface area contributed by atoms with Crippen molar-refractivity contribution in [1.29, 1.82) is 0 Å². The maximum Gasteiger partial charge on any atom is 0.268 e. The third-order valence-electron chi connectivity index (χ3n) is 10.5. The molecule has 0 heterocycles. The van der Waals surface area contributed by atoms with E-state index in [1.54, 1.807) is 6.08 Å². The predicted octanol–water partition coefficient (Wildman–Crippen LogP) is 13.2. The smallest absolute Gasteiger partial charge is 0.268 e. The first-order valence-corrected chi connectivity index (χ1v) is 25.6. The lowest BCUT2D eigenvalue weighted by atomic mass is 10.0. The summed E-state index contributed by atoms with van der Waals surface area (Å²) in [4.78, 5) is 25.3. The fourth-order valence-electron chi connectivity index (χ4n) is 6.67. The first kappa shape index (κ1) is 57.2. The molecule has 0 saturated carbocycles. The van der Waals surface area contributed by atoms with Crippen LogP contribution in [0.5, 0.6) is 0 Å². The van der Waals surface area contributed by atoms with E-state index in [-0.39, 0.29) is 18.9 Å². The summed E-state index contributed by atoms with van der Waals surface area (Å²) in [6.07, 6.45) is 54.2. The van der Waals surface area contributed by atoms with Crippen LogP contribution in [0.15, 0.2) is 60.8 Å². The first-order valence-electron chi connectivity index (χ1n) is 24.2. The van der Waals surface area contributed by atoms with Crippen LogP contribution in [-0.4, -0.2) is 68.5 Å². The molecule has 3 atom stereocenters. The third-order valence-corrected chi connectivity index (χ3v) is 11.4. The largest absolute Gasteiger partial charge is 0.756 e. The van der Waals surface area contributed by atoms with Crippen LogP contribution in [0.1, 0.15) is 200 Å². The van der Waals surface area contributed by atoms with E-state index < -0.39 is 26.6 Å². The number of carbonyl (C=O) groups excluding carboxylic acids is 1. The summed E-state index contributed by atoms with van der Waals surface area (Å²) in [5.41, 5.74) is 0. The van der Waals surface area contributed by atoms with Gasteiger partial charge in [-0.05, 0) is 57.8 Å². The number of hydrogen-bond acceptors (Lipinski definition) is 6. The van der Waals surface area contributed by atoms with Gasteiger partial charge in [-0.1, -0.05) is 197 Å². The number of allylic oxidation sites excluding steroid dienone is 9. The highest BCUT2D eigenvalue weighted by atomic mass is 31.2. The van der Waals surface area contributed by atoms with E-state index in [1.165, 1.54) is 116 Å². The molecule has 9 heteroatoms. The minimum atomic E-state index is -4.60. The Morgan fingerprint density at radius 1 is 0.610 bits per heavy atom. The van der Waals surface area contributed by atoms with Gasteiger partial charge >= 0.3 is 0 Å². The monoisotopic (exact) mass is 849 g/mol. The van der Waals surface area contributed by atoms with Gasteiger partial charge in [0.25, 0.3) is 7.82 Å². The van der Waals surface area contributed by atoms with Crippen molar-refractivity contribution < 1.29 is 32.9 Å². The number of aliphatic hydroxyl groups is 1. The standard InChI is InChI=1S/C50H93N2O6P/c1-6-8-10-12-14-16-18-20-22-23-24-25-26-27-28-30-31-33-35-37-39-41-43-49(53)48(47-58-59(55,56)57-46-45-52(3,4)5)51-50(54)44-42-40-38-36-34-32-29-21-19-17-15-13-11-9-7-2/h9,11,15,17,21,29,34,36,41,43,48-49,53H,6-8,10,12-14,16,18-20,22-28,30-33,35,37-40,42,44-47H2,1-5H3,(H-,51,54,55,56)/b11-9-,17-15-,29-21-,36-34-,43-41+. The molecule has 3 unspecified atom stereocenters. The number of phosphoric ester groups is 1. The average molecular weight is 849 g/mol. The Bertz CT molecular complexity index is 1140. The SMILES string of the molecule is CC/C=C\C/C=C\C/C=C\C/C=C\CCCCC(=O)NC(COP(=O)([O-])OCC[N+](C)(C)C)C(O)/C=C/CCCCCCCCCCCCCCCCCCCCCC. The van der Waals surface area contributed by atoms with Gasteiger partial charge in [0.1, 0.15) is 13.2 Å². The van der Waals surface area contributed by atoms with Crippen LogP contribution in [0.3, 0.4) is 0 Å². The summed E-state index contributed by atoms with van der Waals surface area (Å²) >= 11 is 0. The molecule has 0 aromatic carbocycles. The number of quaternary nitrogens is 1. The minimum Gasteiger partial charge on any atom is -0.756 e. The van der Waals surface area contributed by atoms with Crippen molar-refractivity contribution >= 4 is 13.7 Å². The molecule has 0 fully saturated rings. The number of likely N-dealkylation sites (N-methyl/N-ethyl adjacent to an activating group) is 1. The molecule has 0 aliphatic rings. The zero-order chi connectivity index (χ0) is 43.6. The molecule has 0 rings (SSSR count). The summed E-state index contributed by atoms with van der Waals surface area (Å²) in [6, 6.07) is -0.910. The fourth-order valence-corrected chi connectivity index (χ4v) is 7.40. The molecule has 0 aromatic rings. The lowest BCUT2D eigenvalue weighted by Crippen LogP contribution is -2.45. The van der Waals surface area contributed by atoms with Crippen LogP contribution in [-0.2, 0) is 18.4 Å². The molecule has 8 nitrogen and oxygen atoms in total. The van der Waals surface area contributed by atoms with Gasteiger partial charge in [-0.15, -0.1) is 0 Å². The lowest BCUT2D eigenvalue weighted by molar-refractivity contribution is -0.870. The molecule has 2 N–H and O–H groups in total. The number of hydrogen-bond donors (Lipinski definition) is 2. The van der Waals surface area contributed by atoms with Gasteiger partial charge in [-0.25, -0.2) is 0 Å². The van der Waals surface area contributed by atoms with Gasteiger partial charge in [0.2, 0.25) is 5.91 Å². The molecular weight excluding hydrogens is 756 g/mol. The first-order chi connectivity index (χ1) is 28.5. The number of nitrogens with zero attached hydrogens (tertiary/aromatic N) is 1. The second kappa shape index (κ2) is 41.5. The highest BCUT2D eigenvalue weighted by Crippen LogP contribution is 2.38. The normalized spacial score (nSPS) is 14.8. The summed E-state index contributed by atoms with van der Waals surface area (Å²) in [7, 11) is 1.23. The predicted molar refractivity (Wildman–Crippen MR) is 251 cm³/mol. The van der Waals surface area contributed by atoms with Crippen LogP contribution in [0.2, 0.25) is 0 Å². The fraction of sp³-hybridized carbons (Fsp3) is 0.780. The Morgan fingerprint density at radius 3 is 1.51 bits per heavy atom. The van der Waals surface area contributed by atoms with Crippen molar-refractivity contribution in [2.24, 2.45) is 0 Å². The van der Waals surface area contributed by atoms with E-state index in [0.717, 1.165) is 57.8 Å². The maximum atomic E-state index is 12.9. The van der Waals surface area contributed by atoms with Gasteiger partial charge in [0.05, 0.1) is 39.9 Å². The second-order valence-corrected chi connectivity index (χ2v) is 18.8. The molecule has 0 saturated heterocycles. The number of carbonyl (C=O) groups is 1. The highest BCUT2D eigenvalue weighted by molar-refractivity contribution is 7.45. The highest BCUT2D eigenvalue weighted by Gasteiger charge is 2.23. The zero-order valence-corrected chi connectivity index (χ0v) is 39.8. The van der Waals surface area contributed by atoms with E-state index in [2.05, 4.69) is 67.8 Å². The molecule has 59 heavy (non-hydrogen) atoms. The van der Waals surface area contributed by atoms with Crippen molar-refractivity contribution in [3.63, 3.8) is 0 Å². The topological polar surface area (TPSA) is 108 Å². The van der Waals surface area contributed by atoms with E-state index in [1.807, 2.05) is 27.2 Å². The Morgan fingerprint density at radius 2 is 1.03 bits per heavy atom. The van der Waals surface area contributed by atoms with Crippen LogP contribution in [0.4, 0.5) is 0 Å². The van der Waals surface area contributed by atoms with Gasteiger partial charge in [0, 0.05) is 6.42 Å². The molecule has 0 aliphatic heterocycles. The van der Waals surface area contributed by atoms with Crippen LogP contribution in [0, 0.1) is 0 Å². The molecule has 0 bridgehead atoms. The second-order valence-electron chi connectivity index (χ2n) is 17.4. The Hall–Kier alpha value is -1.80. The molecule has 0 aromatic heterocycles. The van der Waals surface area contributed by atoms with Crippen molar-refractivity contribution in [1.82, 2.24) is 5.32 Å². The molecular formula is C50H93N2O6P. The van der Waals surface area contributed by atoms with Crippen molar-refractivity contribution in [2.45, 2.75) is 212 Å².